The molecule has 0 unspecified atom stereocenters. The molecule has 116 valence electrons. The predicted octanol–water partition coefficient (Wildman–Crippen LogP) is 4.83. The van der Waals surface area contributed by atoms with Crippen LogP contribution >= 0.6 is 0 Å². The van der Waals surface area contributed by atoms with Gasteiger partial charge >= 0.3 is 0 Å². The third-order valence-corrected chi connectivity index (χ3v) is 9.57. The van der Waals surface area contributed by atoms with Gasteiger partial charge in [0.2, 0.25) is 0 Å². The summed E-state index contributed by atoms with van der Waals surface area (Å²) < 4.78 is 6.61. The van der Waals surface area contributed by atoms with E-state index in [1.54, 1.807) is 0 Å². The molecule has 1 N–H and O–H groups in total. The van der Waals surface area contributed by atoms with Gasteiger partial charge in [-0.1, -0.05) is 48.0 Å². The van der Waals surface area contributed by atoms with Crippen LogP contribution in [0.5, 0.6) is 0 Å². The smallest absolute Gasteiger partial charge is 0.192 e. The molecule has 0 aliphatic rings. The Hall–Kier alpha value is 0.137. The van der Waals surface area contributed by atoms with Crippen LogP contribution in [0.1, 0.15) is 60.8 Å². The van der Waals surface area contributed by atoms with E-state index in [4.69, 9.17) is 4.43 Å². The highest BCUT2D eigenvalue weighted by Gasteiger charge is 2.34. The summed E-state index contributed by atoms with van der Waals surface area (Å²) in [5.41, 5.74) is 0. The maximum Gasteiger partial charge on any atom is 0.192 e. The van der Waals surface area contributed by atoms with E-state index < -0.39 is 8.32 Å². The lowest BCUT2D eigenvalue weighted by atomic mass is 9.89. The molecule has 19 heavy (non-hydrogen) atoms. The first-order valence-electron chi connectivity index (χ1n) is 8.30. The van der Waals surface area contributed by atoms with Crippen molar-refractivity contribution in [1.29, 1.82) is 0 Å². The van der Waals surface area contributed by atoms with Crippen molar-refractivity contribution in [2.45, 2.75) is 85.0 Å². The zero-order valence-corrected chi connectivity index (χ0v) is 15.0. The SMILES string of the molecule is CC[C@H](C)C[C@@H](CO)[C@@H](CC)O[Si](CC)(CC)CC. The summed E-state index contributed by atoms with van der Waals surface area (Å²) in [5.74, 6) is 0.993. The van der Waals surface area contributed by atoms with E-state index in [1.165, 1.54) is 24.6 Å². The highest BCUT2D eigenvalue weighted by Crippen LogP contribution is 2.29. The highest BCUT2D eigenvalue weighted by atomic mass is 28.4. The molecular weight excluding hydrogens is 252 g/mol. The Morgan fingerprint density at radius 1 is 0.947 bits per heavy atom. The zero-order chi connectivity index (χ0) is 14.9. The van der Waals surface area contributed by atoms with Crippen molar-refractivity contribution >= 4 is 8.32 Å². The fraction of sp³-hybridized carbons (Fsp3) is 1.00. The van der Waals surface area contributed by atoms with Crippen LogP contribution in [0.3, 0.4) is 0 Å². The minimum atomic E-state index is -1.55. The Morgan fingerprint density at radius 2 is 1.47 bits per heavy atom. The summed E-state index contributed by atoms with van der Waals surface area (Å²) >= 11 is 0. The van der Waals surface area contributed by atoms with E-state index in [-0.39, 0.29) is 12.7 Å². The predicted molar refractivity (Wildman–Crippen MR) is 87.0 cm³/mol. The van der Waals surface area contributed by atoms with E-state index in [0.717, 1.165) is 12.8 Å². The first-order chi connectivity index (χ1) is 9.02. The van der Waals surface area contributed by atoms with Crippen molar-refractivity contribution < 1.29 is 9.53 Å². The van der Waals surface area contributed by atoms with E-state index in [0.29, 0.717) is 11.8 Å². The maximum absolute atomic E-state index is 9.72. The number of hydrogen-bond donors (Lipinski definition) is 1. The van der Waals surface area contributed by atoms with Gasteiger partial charge in [-0.05, 0) is 36.9 Å². The van der Waals surface area contributed by atoms with Crippen molar-refractivity contribution in [1.82, 2.24) is 0 Å². The molecule has 0 bridgehead atoms. The van der Waals surface area contributed by atoms with Crippen LogP contribution in [0.15, 0.2) is 0 Å². The molecule has 0 aliphatic heterocycles. The van der Waals surface area contributed by atoms with Crippen LogP contribution in [-0.2, 0) is 4.43 Å². The zero-order valence-electron chi connectivity index (χ0n) is 14.0. The first kappa shape index (κ1) is 19.1. The summed E-state index contributed by atoms with van der Waals surface area (Å²) in [6.45, 7) is 13.8. The van der Waals surface area contributed by atoms with Crippen molar-refractivity contribution in [3.8, 4) is 0 Å². The molecule has 0 spiro atoms. The van der Waals surface area contributed by atoms with Crippen molar-refractivity contribution in [2.24, 2.45) is 11.8 Å². The number of aliphatic hydroxyl groups excluding tert-OH is 1. The quantitative estimate of drug-likeness (QED) is 0.552. The Morgan fingerprint density at radius 3 is 1.79 bits per heavy atom. The summed E-state index contributed by atoms with van der Waals surface area (Å²) in [6, 6.07) is 3.58. The van der Waals surface area contributed by atoms with Gasteiger partial charge in [0.25, 0.3) is 0 Å². The first-order valence-corrected chi connectivity index (χ1v) is 10.8. The second-order valence-corrected chi connectivity index (χ2v) is 10.7. The molecule has 3 heteroatoms. The standard InChI is InChI=1S/C16H36O2Si/c1-7-14(6)12-15(13-17)16(8-2)18-19(9-3,10-4)11-5/h14-17H,7-13H2,1-6H3/t14-,15-,16+/m0/s1. The molecule has 3 atom stereocenters. The van der Waals surface area contributed by atoms with Crippen molar-refractivity contribution in [3.05, 3.63) is 0 Å². The van der Waals surface area contributed by atoms with E-state index in [9.17, 15) is 5.11 Å². The summed E-state index contributed by atoms with van der Waals surface area (Å²) in [5, 5.41) is 9.72. The molecule has 0 rings (SSSR count). The molecule has 0 aromatic rings. The Bertz CT molecular complexity index is 209. The minimum Gasteiger partial charge on any atom is -0.414 e. The minimum absolute atomic E-state index is 0.255. The van der Waals surface area contributed by atoms with Crippen molar-refractivity contribution in [2.75, 3.05) is 6.61 Å². The van der Waals surface area contributed by atoms with Crippen LogP contribution < -0.4 is 0 Å². The molecule has 0 saturated heterocycles. The Kier molecular flexibility index (Phi) is 10.0. The van der Waals surface area contributed by atoms with Crippen LogP contribution in [0.25, 0.3) is 0 Å². The van der Waals surface area contributed by atoms with Gasteiger partial charge in [-0.3, -0.25) is 0 Å². The van der Waals surface area contributed by atoms with E-state index >= 15 is 0 Å². The van der Waals surface area contributed by atoms with E-state index in [2.05, 4.69) is 41.5 Å². The van der Waals surface area contributed by atoms with Gasteiger partial charge in [0.15, 0.2) is 8.32 Å². The summed E-state index contributed by atoms with van der Waals surface area (Å²) in [4.78, 5) is 0. The normalized spacial score (nSPS) is 17.2. The van der Waals surface area contributed by atoms with Gasteiger partial charge in [0, 0.05) is 18.6 Å². The lowest BCUT2D eigenvalue weighted by Crippen LogP contribution is -2.43. The second-order valence-electron chi connectivity index (χ2n) is 6.00. The molecule has 0 heterocycles. The second kappa shape index (κ2) is 9.95. The van der Waals surface area contributed by atoms with Crippen molar-refractivity contribution in [3.63, 3.8) is 0 Å². The maximum atomic E-state index is 9.72. The van der Waals surface area contributed by atoms with Gasteiger partial charge in [-0.2, -0.15) is 0 Å². The van der Waals surface area contributed by atoms with Gasteiger partial charge in [-0.15, -0.1) is 0 Å². The molecular formula is C16H36O2Si. The molecule has 0 aromatic heterocycles. The highest BCUT2D eigenvalue weighted by molar-refractivity contribution is 6.73. The van der Waals surface area contributed by atoms with Crippen LogP contribution in [0, 0.1) is 11.8 Å². The van der Waals surface area contributed by atoms with Crippen LogP contribution in [0.2, 0.25) is 18.1 Å². The summed E-state index contributed by atoms with van der Waals surface area (Å²) in [6.07, 6.45) is 3.56. The van der Waals surface area contributed by atoms with Gasteiger partial charge in [-0.25, -0.2) is 0 Å². The largest absolute Gasteiger partial charge is 0.414 e. The average molecular weight is 289 g/mol. The number of rotatable bonds is 11. The lowest BCUT2D eigenvalue weighted by Gasteiger charge is -2.37. The van der Waals surface area contributed by atoms with E-state index in [1.807, 2.05) is 0 Å². The Balaban J connectivity index is 4.76. The molecule has 2 nitrogen and oxygen atoms in total. The number of hydrogen-bond acceptors (Lipinski definition) is 2. The molecule has 0 amide bonds. The lowest BCUT2D eigenvalue weighted by molar-refractivity contribution is 0.0608. The fourth-order valence-corrected chi connectivity index (χ4v) is 5.86. The molecule has 0 radical (unpaired) electrons. The third kappa shape index (κ3) is 5.97. The fourth-order valence-electron chi connectivity index (χ4n) is 2.86. The molecule has 0 aromatic carbocycles. The monoisotopic (exact) mass is 288 g/mol. The molecule has 0 saturated carbocycles. The third-order valence-electron chi connectivity index (χ3n) is 4.90. The van der Waals surface area contributed by atoms with Crippen LogP contribution in [0.4, 0.5) is 0 Å². The summed E-state index contributed by atoms with van der Waals surface area (Å²) in [7, 11) is -1.55. The topological polar surface area (TPSA) is 29.5 Å². The van der Waals surface area contributed by atoms with Gasteiger partial charge in [0.1, 0.15) is 0 Å². The Labute approximate surface area is 122 Å². The average Bonchev–Trinajstić information content (AvgIpc) is 2.47. The van der Waals surface area contributed by atoms with Gasteiger partial charge in [0.05, 0.1) is 0 Å². The van der Waals surface area contributed by atoms with Crippen LogP contribution in [-0.4, -0.2) is 26.1 Å². The van der Waals surface area contributed by atoms with Gasteiger partial charge < -0.3 is 9.53 Å². The molecule has 0 aliphatic carbocycles. The molecule has 0 fully saturated rings. The number of aliphatic hydroxyl groups is 1.